The summed E-state index contributed by atoms with van der Waals surface area (Å²) >= 11 is 0. The van der Waals surface area contributed by atoms with Gasteiger partial charge in [0.1, 0.15) is 0 Å². The number of methoxy groups -OCH3 is 1. The highest BCUT2D eigenvalue weighted by Gasteiger charge is 1.93. The predicted molar refractivity (Wildman–Crippen MR) is 37.7 cm³/mol. The minimum atomic E-state index is 0.551. The van der Waals surface area contributed by atoms with Crippen molar-refractivity contribution in [2.24, 2.45) is 0 Å². The lowest BCUT2D eigenvalue weighted by molar-refractivity contribution is 0.395. The number of aromatic nitrogens is 2. The summed E-state index contributed by atoms with van der Waals surface area (Å²) in [4.78, 5) is 7.98. The van der Waals surface area contributed by atoms with Crippen molar-refractivity contribution < 1.29 is 4.74 Å². The van der Waals surface area contributed by atoms with Crippen molar-refractivity contribution in [1.29, 1.82) is 0 Å². The zero-order chi connectivity index (χ0) is 7.40. The van der Waals surface area contributed by atoms with Crippen LogP contribution in [-0.4, -0.2) is 17.1 Å². The molecule has 0 bridgehead atoms. The maximum atomic E-state index is 4.86. The standard InChI is InChI=1S/C7H9N2O/c1-3-6-4-8-5-7(9-6)10-2/h3-5H,1-2H3. The number of hydrogen-bond donors (Lipinski definition) is 0. The van der Waals surface area contributed by atoms with E-state index in [0.29, 0.717) is 5.88 Å². The molecule has 0 unspecified atom stereocenters. The maximum absolute atomic E-state index is 4.86. The largest absolute Gasteiger partial charge is 0.480 e. The smallest absolute Gasteiger partial charge is 0.232 e. The van der Waals surface area contributed by atoms with Gasteiger partial charge >= 0.3 is 0 Å². The molecule has 0 aliphatic rings. The predicted octanol–water partition coefficient (Wildman–Crippen LogP) is 1.06. The quantitative estimate of drug-likeness (QED) is 0.611. The monoisotopic (exact) mass is 137 g/mol. The van der Waals surface area contributed by atoms with E-state index in [4.69, 9.17) is 4.74 Å². The Kier molecular flexibility index (Phi) is 2.20. The fraction of sp³-hybridized carbons (Fsp3) is 0.286. The molecule has 1 aromatic heterocycles. The van der Waals surface area contributed by atoms with Crippen LogP contribution < -0.4 is 4.74 Å². The third-order valence-corrected chi connectivity index (χ3v) is 1.14. The van der Waals surface area contributed by atoms with Gasteiger partial charge in [-0.15, -0.1) is 0 Å². The van der Waals surface area contributed by atoms with Crippen LogP contribution in [0.15, 0.2) is 12.4 Å². The van der Waals surface area contributed by atoms with Crippen LogP contribution >= 0.6 is 0 Å². The van der Waals surface area contributed by atoms with E-state index < -0.39 is 0 Å². The van der Waals surface area contributed by atoms with Gasteiger partial charge in [-0.05, 0) is 0 Å². The van der Waals surface area contributed by atoms with Crippen molar-refractivity contribution in [3.63, 3.8) is 0 Å². The molecule has 3 nitrogen and oxygen atoms in total. The number of rotatable bonds is 2. The summed E-state index contributed by atoms with van der Waals surface area (Å²) in [6.45, 7) is 1.91. The van der Waals surface area contributed by atoms with Crippen molar-refractivity contribution in [1.82, 2.24) is 9.97 Å². The van der Waals surface area contributed by atoms with Gasteiger partial charge in [0, 0.05) is 12.6 Å². The molecule has 3 heteroatoms. The van der Waals surface area contributed by atoms with Gasteiger partial charge in [0.15, 0.2) is 0 Å². The molecule has 0 aliphatic carbocycles. The first-order valence-corrected chi connectivity index (χ1v) is 3.02. The molecule has 10 heavy (non-hydrogen) atoms. The van der Waals surface area contributed by atoms with E-state index in [9.17, 15) is 0 Å². The average molecular weight is 137 g/mol. The summed E-state index contributed by atoms with van der Waals surface area (Å²) in [7, 11) is 1.57. The van der Waals surface area contributed by atoms with Crippen molar-refractivity contribution in [3.8, 4) is 5.88 Å². The highest BCUT2D eigenvalue weighted by molar-refractivity contribution is 5.13. The molecule has 0 amide bonds. The highest BCUT2D eigenvalue weighted by Crippen LogP contribution is 2.04. The van der Waals surface area contributed by atoms with Crippen LogP contribution in [0.2, 0.25) is 0 Å². The van der Waals surface area contributed by atoms with Crippen LogP contribution in [0.4, 0.5) is 0 Å². The summed E-state index contributed by atoms with van der Waals surface area (Å²) in [6.07, 6.45) is 5.13. The fourth-order valence-corrected chi connectivity index (χ4v) is 0.600. The Morgan fingerprint density at radius 1 is 1.50 bits per heavy atom. The van der Waals surface area contributed by atoms with Gasteiger partial charge in [0.2, 0.25) is 5.88 Å². The minimum Gasteiger partial charge on any atom is -0.480 e. The second kappa shape index (κ2) is 3.15. The van der Waals surface area contributed by atoms with E-state index in [1.807, 2.05) is 13.3 Å². The molecule has 0 aliphatic heterocycles. The summed E-state index contributed by atoms with van der Waals surface area (Å²) < 4.78 is 4.86. The molecule has 53 valence electrons. The zero-order valence-electron chi connectivity index (χ0n) is 6.03. The van der Waals surface area contributed by atoms with Gasteiger partial charge in [-0.25, -0.2) is 4.98 Å². The molecule has 1 radical (unpaired) electrons. The normalized spacial score (nSPS) is 9.40. The first-order valence-electron chi connectivity index (χ1n) is 3.02. The van der Waals surface area contributed by atoms with E-state index in [0.717, 1.165) is 5.69 Å². The molecule has 0 atom stereocenters. The van der Waals surface area contributed by atoms with E-state index in [1.165, 1.54) is 0 Å². The van der Waals surface area contributed by atoms with Crippen LogP contribution in [0, 0.1) is 6.42 Å². The SMILES string of the molecule is C[CH]c1cncc(OC)n1. The summed E-state index contributed by atoms with van der Waals surface area (Å²) in [5.74, 6) is 0.551. The number of nitrogens with zero attached hydrogens (tertiary/aromatic N) is 2. The molecule has 0 spiro atoms. The van der Waals surface area contributed by atoms with Crippen LogP contribution in [0.3, 0.4) is 0 Å². The van der Waals surface area contributed by atoms with Crippen molar-refractivity contribution in [2.45, 2.75) is 6.92 Å². The highest BCUT2D eigenvalue weighted by atomic mass is 16.5. The number of hydrogen-bond acceptors (Lipinski definition) is 3. The number of ether oxygens (including phenoxy) is 1. The molecule has 0 fully saturated rings. The first kappa shape index (κ1) is 6.99. The van der Waals surface area contributed by atoms with Crippen LogP contribution in [0.1, 0.15) is 12.6 Å². The maximum Gasteiger partial charge on any atom is 0.232 e. The van der Waals surface area contributed by atoms with Crippen molar-refractivity contribution in [3.05, 3.63) is 24.5 Å². The molecule has 1 heterocycles. The van der Waals surface area contributed by atoms with Gasteiger partial charge in [-0.3, -0.25) is 4.98 Å². The van der Waals surface area contributed by atoms with E-state index in [-0.39, 0.29) is 0 Å². The van der Waals surface area contributed by atoms with E-state index in [2.05, 4.69) is 9.97 Å². The van der Waals surface area contributed by atoms with Gasteiger partial charge in [-0.1, -0.05) is 6.92 Å². The van der Waals surface area contributed by atoms with Gasteiger partial charge in [-0.2, -0.15) is 0 Å². The Bertz CT molecular complexity index is 193. The van der Waals surface area contributed by atoms with Crippen molar-refractivity contribution >= 4 is 0 Å². The zero-order valence-corrected chi connectivity index (χ0v) is 6.03. The van der Waals surface area contributed by atoms with E-state index >= 15 is 0 Å². The third kappa shape index (κ3) is 1.43. The second-order valence-corrected chi connectivity index (χ2v) is 1.77. The lowest BCUT2D eigenvalue weighted by atomic mass is 10.4. The molecular formula is C7H9N2O. The molecule has 0 saturated heterocycles. The van der Waals surface area contributed by atoms with Crippen LogP contribution in [0.25, 0.3) is 0 Å². The van der Waals surface area contributed by atoms with Crippen LogP contribution in [0.5, 0.6) is 5.88 Å². The Morgan fingerprint density at radius 3 is 2.90 bits per heavy atom. The Hall–Kier alpha value is -1.12. The van der Waals surface area contributed by atoms with Gasteiger partial charge < -0.3 is 4.74 Å². The first-order chi connectivity index (χ1) is 4.86. The lowest BCUT2D eigenvalue weighted by Gasteiger charge is -1.97. The van der Waals surface area contributed by atoms with Crippen LogP contribution in [-0.2, 0) is 0 Å². The second-order valence-electron chi connectivity index (χ2n) is 1.77. The Morgan fingerprint density at radius 2 is 2.30 bits per heavy atom. The Balaban J connectivity index is 2.87. The topological polar surface area (TPSA) is 35.0 Å². The fourth-order valence-electron chi connectivity index (χ4n) is 0.600. The summed E-state index contributed by atoms with van der Waals surface area (Å²) in [5.41, 5.74) is 0.833. The molecule has 0 aromatic carbocycles. The third-order valence-electron chi connectivity index (χ3n) is 1.14. The average Bonchev–Trinajstić information content (AvgIpc) is 2.05. The summed E-state index contributed by atoms with van der Waals surface area (Å²) in [5, 5.41) is 0. The van der Waals surface area contributed by atoms with E-state index in [1.54, 1.807) is 19.5 Å². The van der Waals surface area contributed by atoms with Gasteiger partial charge in [0.05, 0.1) is 19.0 Å². The van der Waals surface area contributed by atoms with Gasteiger partial charge in [0.25, 0.3) is 0 Å². The lowest BCUT2D eigenvalue weighted by Crippen LogP contribution is -1.91. The summed E-state index contributed by atoms with van der Waals surface area (Å²) in [6, 6.07) is 0. The molecular weight excluding hydrogens is 128 g/mol. The molecule has 0 N–H and O–H groups in total. The molecule has 1 rings (SSSR count). The molecule has 0 saturated carbocycles. The Labute approximate surface area is 60.1 Å². The minimum absolute atomic E-state index is 0.551. The van der Waals surface area contributed by atoms with Crippen molar-refractivity contribution in [2.75, 3.05) is 7.11 Å². The molecule has 1 aromatic rings.